The summed E-state index contributed by atoms with van der Waals surface area (Å²) in [7, 11) is 6.62. The van der Waals surface area contributed by atoms with E-state index in [9.17, 15) is 0 Å². The second kappa shape index (κ2) is 14.4. The third kappa shape index (κ3) is 6.92. The van der Waals surface area contributed by atoms with Crippen molar-refractivity contribution in [2.24, 2.45) is 0 Å². The van der Waals surface area contributed by atoms with Crippen molar-refractivity contribution in [3.63, 3.8) is 0 Å². The van der Waals surface area contributed by atoms with Crippen molar-refractivity contribution in [3.8, 4) is 23.0 Å². The van der Waals surface area contributed by atoms with Crippen molar-refractivity contribution in [1.82, 2.24) is 9.97 Å². The quantitative estimate of drug-likeness (QED) is 0.170. The topological polar surface area (TPSA) is 62.7 Å². The zero-order valence-electron chi connectivity index (χ0n) is 26.0. The molecule has 0 fully saturated rings. The summed E-state index contributed by atoms with van der Waals surface area (Å²) >= 11 is 0. The first-order chi connectivity index (χ1) is 21.6. The van der Waals surface area contributed by atoms with Gasteiger partial charge in [0.15, 0.2) is 23.0 Å². The highest BCUT2D eigenvalue weighted by Gasteiger charge is 2.13. The van der Waals surface area contributed by atoms with Crippen LogP contribution in [0, 0.1) is 0 Å². The average Bonchev–Trinajstić information content (AvgIpc) is 3.08. The molecule has 0 aliphatic rings. The van der Waals surface area contributed by atoms with Crippen LogP contribution < -0.4 is 18.9 Å². The largest absolute Gasteiger partial charge is 0.493 e. The molecule has 6 heteroatoms. The summed E-state index contributed by atoms with van der Waals surface area (Å²) in [5.41, 5.74) is 5.71. The molecule has 0 radical (unpaired) electrons. The smallest absolute Gasteiger partial charge is 0.161 e. The number of hydrogen-bond donors (Lipinski definition) is 0. The van der Waals surface area contributed by atoms with Crippen LogP contribution in [0.3, 0.4) is 0 Å². The molecule has 6 nitrogen and oxygen atoms in total. The molecule has 0 amide bonds. The molecule has 44 heavy (non-hydrogen) atoms. The summed E-state index contributed by atoms with van der Waals surface area (Å²) < 4.78 is 21.6. The van der Waals surface area contributed by atoms with Crippen molar-refractivity contribution < 1.29 is 18.9 Å². The zero-order valence-corrected chi connectivity index (χ0v) is 26.0. The van der Waals surface area contributed by atoms with Crippen LogP contribution in [0.1, 0.15) is 35.1 Å². The lowest BCUT2D eigenvalue weighted by molar-refractivity contribution is 0.356. The van der Waals surface area contributed by atoms with Crippen LogP contribution in [0.25, 0.3) is 21.5 Å². The van der Waals surface area contributed by atoms with E-state index in [0.29, 0.717) is 0 Å². The van der Waals surface area contributed by atoms with Gasteiger partial charge in [-0.1, -0.05) is 67.6 Å². The van der Waals surface area contributed by atoms with Crippen LogP contribution >= 0.6 is 0 Å². The van der Waals surface area contributed by atoms with E-state index in [0.717, 1.165) is 80.9 Å². The molecule has 0 atom stereocenters. The van der Waals surface area contributed by atoms with E-state index in [-0.39, 0.29) is 0 Å². The minimum absolute atomic E-state index is 0.729. The third-order valence-electron chi connectivity index (χ3n) is 7.61. The maximum Gasteiger partial charge on any atom is 0.161 e. The summed E-state index contributed by atoms with van der Waals surface area (Å²) in [6, 6.07) is 32.9. The SMILES string of the molecule is CCc1cc2cc(OC)c(OC)cc2c(Cc2ccccc2)n1.COc1cc2ccnc(Cc3ccccc3)c2cc1OC. The van der Waals surface area contributed by atoms with E-state index in [4.69, 9.17) is 23.9 Å². The number of hydrogen-bond acceptors (Lipinski definition) is 6. The van der Waals surface area contributed by atoms with Crippen LogP contribution in [-0.4, -0.2) is 38.4 Å². The van der Waals surface area contributed by atoms with Crippen LogP contribution in [-0.2, 0) is 19.3 Å². The third-order valence-corrected chi connectivity index (χ3v) is 7.61. The van der Waals surface area contributed by atoms with Gasteiger partial charge in [0.05, 0.1) is 39.8 Å². The Morgan fingerprint density at radius 1 is 0.523 bits per heavy atom. The summed E-state index contributed by atoms with van der Waals surface area (Å²) in [6.07, 6.45) is 4.35. The number of benzene rings is 4. The number of fused-ring (bicyclic) bond motifs is 2. The normalized spacial score (nSPS) is 10.7. The molecule has 0 bridgehead atoms. The molecular formula is C38H38N2O4. The van der Waals surface area contributed by atoms with Crippen LogP contribution in [0.2, 0.25) is 0 Å². The highest BCUT2D eigenvalue weighted by Crippen LogP contribution is 2.35. The van der Waals surface area contributed by atoms with Crippen molar-refractivity contribution >= 4 is 21.5 Å². The van der Waals surface area contributed by atoms with Crippen molar-refractivity contribution in [2.75, 3.05) is 28.4 Å². The molecule has 0 saturated carbocycles. The second-order valence-electron chi connectivity index (χ2n) is 10.4. The number of aromatic nitrogens is 2. The first kappa shape index (κ1) is 30.4. The van der Waals surface area contributed by atoms with Gasteiger partial charge < -0.3 is 18.9 Å². The van der Waals surface area contributed by atoms with Gasteiger partial charge in [0.25, 0.3) is 0 Å². The monoisotopic (exact) mass is 586 g/mol. The fourth-order valence-corrected chi connectivity index (χ4v) is 5.30. The predicted octanol–water partition coefficient (Wildman–Crippen LogP) is 8.25. The molecule has 0 aliphatic heterocycles. The Morgan fingerprint density at radius 2 is 1.00 bits per heavy atom. The van der Waals surface area contributed by atoms with E-state index in [1.54, 1.807) is 28.4 Å². The lowest BCUT2D eigenvalue weighted by Gasteiger charge is -2.13. The van der Waals surface area contributed by atoms with E-state index in [1.165, 1.54) is 11.1 Å². The Morgan fingerprint density at radius 3 is 1.52 bits per heavy atom. The summed E-state index contributed by atoms with van der Waals surface area (Å²) in [4.78, 5) is 9.39. The van der Waals surface area contributed by atoms with Gasteiger partial charge >= 0.3 is 0 Å². The van der Waals surface area contributed by atoms with E-state index in [1.807, 2.05) is 60.8 Å². The zero-order chi connectivity index (χ0) is 30.9. The van der Waals surface area contributed by atoms with Crippen molar-refractivity contribution in [1.29, 1.82) is 0 Å². The van der Waals surface area contributed by atoms with E-state index in [2.05, 4.69) is 54.4 Å². The minimum atomic E-state index is 0.729. The second-order valence-corrected chi connectivity index (χ2v) is 10.4. The summed E-state index contributed by atoms with van der Waals surface area (Å²) in [6.45, 7) is 2.13. The van der Waals surface area contributed by atoms with E-state index < -0.39 is 0 Å². The van der Waals surface area contributed by atoms with Gasteiger partial charge in [-0.05, 0) is 64.7 Å². The molecule has 6 rings (SSSR count). The molecular weight excluding hydrogens is 548 g/mol. The first-order valence-corrected chi connectivity index (χ1v) is 14.7. The van der Waals surface area contributed by atoms with Crippen molar-refractivity contribution in [3.05, 3.63) is 131 Å². The average molecular weight is 587 g/mol. The fourth-order valence-electron chi connectivity index (χ4n) is 5.30. The Bertz CT molecular complexity index is 1840. The molecule has 0 N–H and O–H groups in total. The molecule has 0 aliphatic carbocycles. The maximum atomic E-state index is 5.45. The fraction of sp³-hybridized carbons (Fsp3) is 0.211. The molecule has 224 valence electrons. The Labute approximate surface area is 259 Å². The Balaban J connectivity index is 0.000000175. The van der Waals surface area contributed by atoms with Gasteiger partial charge in [-0.2, -0.15) is 0 Å². The van der Waals surface area contributed by atoms with Gasteiger partial charge in [0, 0.05) is 35.5 Å². The van der Waals surface area contributed by atoms with Crippen molar-refractivity contribution in [2.45, 2.75) is 26.2 Å². The Hall–Kier alpha value is -5.10. The molecule has 0 spiro atoms. The lowest BCUT2D eigenvalue weighted by atomic mass is 10.0. The lowest BCUT2D eigenvalue weighted by Crippen LogP contribution is -1.99. The van der Waals surface area contributed by atoms with Gasteiger partial charge in [0.2, 0.25) is 0 Å². The Kier molecular flexibility index (Phi) is 9.92. The van der Waals surface area contributed by atoms with E-state index >= 15 is 0 Å². The minimum Gasteiger partial charge on any atom is -0.493 e. The standard InChI is InChI=1S/C20H21NO2.C18H17NO2/c1-4-16-11-15-12-19(22-2)20(23-3)13-17(15)18(21-16)10-14-8-6-5-7-9-14;1-20-17-11-14-8-9-19-16(15(14)12-18(17)21-2)10-13-6-4-3-5-7-13/h5-9,11-13H,4,10H2,1-3H3;3-9,11-12H,10H2,1-2H3. The van der Waals surface area contributed by atoms with Crippen LogP contribution in [0.15, 0.2) is 103 Å². The maximum absolute atomic E-state index is 5.45. The number of pyridine rings is 2. The first-order valence-electron chi connectivity index (χ1n) is 14.7. The highest BCUT2D eigenvalue weighted by atomic mass is 16.5. The molecule has 4 aromatic carbocycles. The van der Waals surface area contributed by atoms with Gasteiger partial charge in [-0.25, -0.2) is 0 Å². The van der Waals surface area contributed by atoms with Gasteiger partial charge in [-0.15, -0.1) is 0 Å². The summed E-state index contributed by atoms with van der Waals surface area (Å²) in [5.74, 6) is 2.95. The summed E-state index contributed by atoms with van der Waals surface area (Å²) in [5, 5.41) is 4.46. The molecule has 2 aromatic heterocycles. The molecule has 2 heterocycles. The molecule has 6 aromatic rings. The number of methoxy groups -OCH3 is 4. The molecule has 0 unspecified atom stereocenters. The van der Waals surface area contributed by atoms with Gasteiger partial charge in [0.1, 0.15) is 0 Å². The number of nitrogens with zero attached hydrogens (tertiary/aromatic N) is 2. The number of ether oxygens (including phenoxy) is 4. The predicted molar refractivity (Wildman–Crippen MR) is 178 cm³/mol. The highest BCUT2D eigenvalue weighted by molar-refractivity contribution is 5.89. The van der Waals surface area contributed by atoms with Crippen LogP contribution in [0.4, 0.5) is 0 Å². The number of rotatable bonds is 9. The van der Waals surface area contributed by atoms with Crippen LogP contribution in [0.5, 0.6) is 23.0 Å². The number of aryl methyl sites for hydroxylation is 1. The van der Waals surface area contributed by atoms with Gasteiger partial charge in [-0.3, -0.25) is 9.97 Å². The molecule has 0 saturated heterocycles.